The molecule has 0 aliphatic carbocycles. The Balaban J connectivity index is 1.41. The maximum atomic E-state index is 14.5. The highest BCUT2D eigenvalue weighted by atomic mass is 35.5. The van der Waals surface area contributed by atoms with Crippen LogP contribution < -0.4 is 10.6 Å². The summed E-state index contributed by atoms with van der Waals surface area (Å²) in [5, 5.41) is 4.58. The van der Waals surface area contributed by atoms with Crippen molar-refractivity contribution in [1.82, 2.24) is 15.5 Å². The molecule has 7 nitrogen and oxygen atoms in total. The van der Waals surface area contributed by atoms with Crippen LogP contribution in [0.1, 0.15) is 44.1 Å². The van der Waals surface area contributed by atoms with Gasteiger partial charge in [0.15, 0.2) is 0 Å². The summed E-state index contributed by atoms with van der Waals surface area (Å²) in [5.74, 6) is -6.46. The van der Waals surface area contributed by atoms with Gasteiger partial charge in [-0.15, -0.1) is 11.3 Å². The van der Waals surface area contributed by atoms with Crippen LogP contribution in [0.25, 0.3) is 0 Å². The number of halogens is 3. The Morgan fingerprint density at radius 1 is 1.31 bits per heavy atom. The molecule has 3 heterocycles. The van der Waals surface area contributed by atoms with E-state index < -0.39 is 29.3 Å². The first-order valence-electron chi connectivity index (χ1n) is 9.77. The van der Waals surface area contributed by atoms with E-state index in [-0.39, 0.29) is 42.8 Å². The predicted octanol–water partition coefficient (Wildman–Crippen LogP) is 2.88. The number of carbonyl (C=O) groups excluding carboxylic acids is 4. The minimum absolute atomic E-state index is 0.142. The Morgan fingerprint density at radius 3 is 2.72 bits per heavy atom. The molecule has 1 fully saturated rings. The van der Waals surface area contributed by atoms with E-state index in [1.807, 2.05) is 0 Å². The van der Waals surface area contributed by atoms with Crippen molar-refractivity contribution in [2.45, 2.75) is 44.8 Å². The maximum absolute atomic E-state index is 14.5. The summed E-state index contributed by atoms with van der Waals surface area (Å²) in [7, 11) is 0. The second-order valence-corrected chi connectivity index (χ2v) is 9.23. The van der Waals surface area contributed by atoms with Gasteiger partial charge in [0.2, 0.25) is 11.8 Å². The van der Waals surface area contributed by atoms with Crippen LogP contribution in [0, 0.1) is 6.92 Å². The van der Waals surface area contributed by atoms with Crippen molar-refractivity contribution in [3.8, 4) is 0 Å². The zero-order chi connectivity index (χ0) is 23.2. The lowest BCUT2D eigenvalue weighted by Gasteiger charge is -2.29. The number of fused-ring (bicyclic) bond motifs is 1. The monoisotopic (exact) mass is 481 g/mol. The molecule has 2 aliphatic rings. The number of nitrogens with zero attached hydrogens (tertiary/aromatic N) is 1. The lowest BCUT2D eigenvalue weighted by molar-refractivity contribution is -0.147. The number of thiophene rings is 1. The molecule has 1 unspecified atom stereocenters. The summed E-state index contributed by atoms with van der Waals surface area (Å²) >= 11 is 6.98. The summed E-state index contributed by atoms with van der Waals surface area (Å²) in [6.45, 7) is 1.68. The van der Waals surface area contributed by atoms with Crippen LogP contribution in [-0.4, -0.2) is 34.6 Å². The minimum Gasteiger partial charge on any atom is -0.346 e. The molecule has 2 aliphatic heterocycles. The molecule has 1 atom stereocenters. The molecule has 0 radical (unpaired) electrons. The van der Waals surface area contributed by atoms with E-state index in [2.05, 4.69) is 10.6 Å². The van der Waals surface area contributed by atoms with Crippen molar-refractivity contribution in [2.75, 3.05) is 0 Å². The van der Waals surface area contributed by atoms with Gasteiger partial charge in [-0.1, -0.05) is 23.7 Å². The summed E-state index contributed by atoms with van der Waals surface area (Å²) in [4.78, 5) is 50.6. The number of amides is 4. The highest BCUT2D eigenvalue weighted by Crippen LogP contribution is 2.34. The molecule has 11 heteroatoms. The number of piperidine rings is 1. The number of rotatable bonds is 5. The van der Waals surface area contributed by atoms with Crippen molar-refractivity contribution >= 4 is 46.6 Å². The molecular formula is C21H18ClF2N3O4S. The first kappa shape index (κ1) is 22.3. The fourth-order valence-corrected chi connectivity index (χ4v) is 4.93. The van der Waals surface area contributed by atoms with E-state index in [0.717, 1.165) is 23.5 Å². The molecule has 2 N–H and O–H groups in total. The molecule has 0 saturated carbocycles. The van der Waals surface area contributed by atoms with Crippen molar-refractivity contribution in [2.24, 2.45) is 0 Å². The third kappa shape index (κ3) is 4.00. The first-order valence-corrected chi connectivity index (χ1v) is 11.0. The summed E-state index contributed by atoms with van der Waals surface area (Å²) < 4.78 is 29.0. The molecular weight excluding hydrogens is 464 g/mol. The van der Waals surface area contributed by atoms with Crippen LogP contribution in [0.15, 0.2) is 24.3 Å². The van der Waals surface area contributed by atoms with E-state index in [0.29, 0.717) is 20.9 Å². The number of carbonyl (C=O) groups is 4. The standard InChI is InChI=1S/C21H18ClF2N3O4S/c1-10-2-3-12(7-14(10)22)21(23,24)20(31)25-8-13-6-11-9-27(19(30)17(11)32-13)15-4-5-16(28)26-18(15)29/h2-3,6-7,15H,4-5,8-9H2,1H3,(H,25,31)(H,26,28,29). The molecule has 1 aromatic carbocycles. The number of hydrogen-bond donors (Lipinski definition) is 2. The van der Waals surface area contributed by atoms with E-state index in [4.69, 9.17) is 11.6 Å². The number of benzene rings is 1. The van der Waals surface area contributed by atoms with Gasteiger partial charge in [-0.3, -0.25) is 24.5 Å². The predicted molar refractivity (Wildman–Crippen MR) is 112 cm³/mol. The van der Waals surface area contributed by atoms with Crippen LogP contribution in [-0.2, 0) is 33.4 Å². The van der Waals surface area contributed by atoms with E-state index in [9.17, 15) is 28.0 Å². The van der Waals surface area contributed by atoms with Gasteiger partial charge in [-0.05, 0) is 36.6 Å². The summed E-state index contributed by atoms with van der Waals surface area (Å²) in [6.07, 6.45) is 0.415. The first-order chi connectivity index (χ1) is 15.1. The van der Waals surface area contributed by atoms with Gasteiger partial charge in [-0.2, -0.15) is 8.78 Å². The molecule has 32 heavy (non-hydrogen) atoms. The fourth-order valence-electron chi connectivity index (χ4n) is 3.69. The Hall–Kier alpha value is -2.85. The third-order valence-electron chi connectivity index (χ3n) is 5.48. The molecule has 168 valence electrons. The van der Waals surface area contributed by atoms with Crippen LogP contribution in [0.4, 0.5) is 8.78 Å². The molecule has 2 aromatic rings. The smallest absolute Gasteiger partial charge is 0.346 e. The summed E-state index contributed by atoms with van der Waals surface area (Å²) in [5.41, 5.74) is 0.774. The van der Waals surface area contributed by atoms with Crippen molar-refractivity contribution in [3.05, 3.63) is 55.7 Å². The normalized spacial score (nSPS) is 18.6. The molecule has 0 spiro atoms. The van der Waals surface area contributed by atoms with Gasteiger partial charge in [-0.25, -0.2) is 0 Å². The maximum Gasteiger partial charge on any atom is 0.349 e. The minimum atomic E-state index is -3.77. The number of imide groups is 1. The largest absolute Gasteiger partial charge is 0.349 e. The SMILES string of the molecule is Cc1ccc(C(F)(F)C(=O)NCc2cc3c(s2)C(=O)N(C2CCC(=O)NC2=O)C3)cc1Cl. The van der Waals surface area contributed by atoms with E-state index in [1.165, 1.54) is 11.0 Å². The van der Waals surface area contributed by atoms with Gasteiger partial charge >= 0.3 is 5.92 Å². The lowest BCUT2D eigenvalue weighted by atomic mass is 10.0. The zero-order valence-corrected chi connectivity index (χ0v) is 18.4. The Kier molecular flexibility index (Phi) is 5.76. The second-order valence-electron chi connectivity index (χ2n) is 7.69. The topological polar surface area (TPSA) is 95.6 Å². The number of nitrogens with one attached hydrogen (secondary N) is 2. The van der Waals surface area contributed by atoms with Gasteiger partial charge in [0.1, 0.15) is 6.04 Å². The second kappa shape index (κ2) is 8.25. The molecule has 4 amide bonds. The van der Waals surface area contributed by atoms with Crippen LogP contribution >= 0.6 is 22.9 Å². The van der Waals surface area contributed by atoms with Gasteiger partial charge in [0.05, 0.1) is 11.4 Å². The van der Waals surface area contributed by atoms with Crippen LogP contribution in [0.2, 0.25) is 5.02 Å². The van der Waals surface area contributed by atoms with Gasteiger partial charge < -0.3 is 10.2 Å². The number of hydrogen-bond acceptors (Lipinski definition) is 5. The molecule has 1 aromatic heterocycles. The quantitative estimate of drug-likeness (QED) is 0.642. The van der Waals surface area contributed by atoms with Gasteiger partial charge in [0, 0.05) is 28.4 Å². The van der Waals surface area contributed by atoms with Crippen molar-refractivity contribution in [1.29, 1.82) is 0 Å². The summed E-state index contributed by atoms with van der Waals surface area (Å²) in [6, 6.07) is 4.58. The van der Waals surface area contributed by atoms with Crippen LogP contribution in [0.3, 0.4) is 0 Å². The Labute approximate surface area is 190 Å². The third-order valence-corrected chi connectivity index (χ3v) is 7.06. The molecule has 4 rings (SSSR count). The van der Waals surface area contributed by atoms with E-state index in [1.54, 1.807) is 13.0 Å². The Bertz CT molecular complexity index is 1150. The highest BCUT2D eigenvalue weighted by Gasteiger charge is 2.42. The average Bonchev–Trinajstić information content (AvgIpc) is 3.27. The lowest BCUT2D eigenvalue weighted by Crippen LogP contribution is -2.52. The highest BCUT2D eigenvalue weighted by molar-refractivity contribution is 7.14. The van der Waals surface area contributed by atoms with E-state index >= 15 is 0 Å². The molecule has 0 bridgehead atoms. The zero-order valence-electron chi connectivity index (χ0n) is 16.8. The van der Waals surface area contributed by atoms with Crippen molar-refractivity contribution < 1.29 is 28.0 Å². The van der Waals surface area contributed by atoms with Crippen LogP contribution in [0.5, 0.6) is 0 Å². The van der Waals surface area contributed by atoms with Crippen molar-refractivity contribution in [3.63, 3.8) is 0 Å². The number of alkyl halides is 2. The molecule has 1 saturated heterocycles. The number of aryl methyl sites for hydroxylation is 1. The Morgan fingerprint density at radius 2 is 2.06 bits per heavy atom. The fraction of sp³-hybridized carbons (Fsp3) is 0.333. The van der Waals surface area contributed by atoms with Gasteiger partial charge in [0.25, 0.3) is 11.8 Å². The average molecular weight is 482 g/mol.